The van der Waals surface area contributed by atoms with Gasteiger partial charge in [-0.05, 0) is 57.7 Å². The van der Waals surface area contributed by atoms with Crippen molar-refractivity contribution >= 4 is 17.7 Å². The SMILES string of the molecule is COC(=O)C1CCC(NCc2ccc(NC(=O)OC(C)(C)C)cc2)C1. The molecule has 1 aliphatic carbocycles. The molecule has 1 amide bonds. The molecular weight excluding hydrogens is 320 g/mol. The predicted octanol–water partition coefficient (Wildman–Crippen LogP) is 3.46. The monoisotopic (exact) mass is 348 g/mol. The Morgan fingerprint density at radius 2 is 1.84 bits per heavy atom. The van der Waals surface area contributed by atoms with Crippen molar-refractivity contribution < 1.29 is 19.1 Å². The highest BCUT2D eigenvalue weighted by Crippen LogP contribution is 2.26. The lowest BCUT2D eigenvalue weighted by atomic mass is 10.1. The molecule has 0 bridgehead atoms. The van der Waals surface area contributed by atoms with E-state index in [-0.39, 0.29) is 11.9 Å². The minimum Gasteiger partial charge on any atom is -0.469 e. The van der Waals surface area contributed by atoms with Crippen molar-refractivity contribution in [2.45, 2.75) is 58.2 Å². The van der Waals surface area contributed by atoms with Gasteiger partial charge in [-0.2, -0.15) is 0 Å². The van der Waals surface area contributed by atoms with Gasteiger partial charge in [0.1, 0.15) is 5.60 Å². The Morgan fingerprint density at radius 3 is 2.44 bits per heavy atom. The number of anilines is 1. The summed E-state index contributed by atoms with van der Waals surface area (Å²) in [6.07, 6.45) is 2.23. The Balaban J connectivity index is 1.77. The maximum absolute atomic E-state index is 11.7. The van der Waals surface area contributed by atoms with Crippen molar-refractivity contribution in [3.8, 4) is 0 Å². The van der Waals surface area contributed by atoms with Crippen LogP contribution in [0.1, 0.15) is 45.6 Å². The Bertz CT molecular complexity index is 592. The number of amides is 1. The Morgan fingerprint density at radius 1 is 1.16 bits per heavy atom. The number of hydrogen-bond donors (Lipinski definition) is 2. The number of esters is 1. The van der Waals surface area contributed by atoms with E-state index in [2.05, 4.69) is 10.6 Å². The van der Waals surface area contributed by atoms with E-state index in [4.69, 9.17) is 9.47 Å². The summed E-state index contributed by atoms with van der Waals surface area (Å²) in [6.45, 7) is 6.21. The van der Waals surface area contributed by atoms with Crippen LogP contribution in [0.4, 0.5) is 10.5 Å². The molecule has 1 aromatic carbocycles. The Labute approximate surface area is 149 Å². The summed E-state index contributed by atoms with van der Waals surface area (Å²) in [4.78, 5) is 23.3. The summed E-state index contributed by atoms with van der Waals surface area (Å²) in [5.74, 6) is -0.0928. The van der Waals surface area contributed by atoms with Crippen LogP contribution in [-0.4, -0.2) is 30.8 Å². The fraction of sp³-hybridized carbons (Fsp3) is 0.579. The Hall–Kier alpha value is -2.08. The molecule has 0 spiro atoms. The van der Waals surface area contributed by atoms with E-state index in [1.54, 1.807) is 0 Å². The van der Waals surface area contributed by atoms with Crippen molar-refractivity contribution in [1.82, 2.24) is 5.32 Å². The van der Waals surface area contributed by atoms with Crippen molar-refractivity contribution in [1.29, 1.82) is 0 Å². The van der Waals surface area contributed by atoms with Crippen LogP contribution in [0.3, 0.4) is 0 Å². The van der Waals surface area contributed by atoms with Crippen LogP contribution in [0, 0.1) is 5.92 Å². The largest absolute Gasteiger partial charge is 0.469 e. The third kappa shape index (κ3) is 6.38. The number of nitrogens with one attached hydrogen (secondary N) is 2. The number of methoxy groups -OCH3 is 1. The minimum atomic E-state index is -0.517. The maximum Gasteiger partial charge on any atom is 0.412 e. The van der Waals surface area contributed by atoms with E-state index in [1.807, 2.05) is 45.0 Å². The van der Waals surface area contributed by atoms with Crippen LogP contribution in [0.15, 0.2) is 24.3 Å². The van der Waals surface area contributed by atoms with E-state index in [0.717, 1.165) is 31.4 Å². The first kappa shape index (κ1) is 19.2. The second-order valence-electron chi connectivity index (χ2n) is 7.43. The van der Waals surface area contributed by atoms with Crippen molar-refractivity contribution in [3.05, 3.63) is 29.8 Å². The second kappa shape index (κ2) is 8.34. The maximum atomic E-state index is 11.7. The van der Waals surface area contributed by atoms with Crippen LogP contribution in [0.25, 0.3) is 0 Å². The molecule has 2 atom stereocenters. The fourth-order valence-electron chi connectivity index (χ4n) is 2.94. The van der Waals surface area contributed by atoms with Gasteiger partial charge in [0.25, 0.3) is 0 Å². The summed E-state index contributed by atoms with van der Waals surface area (Å²) in [5, 5.41) is 6.19. The summed E-state index contributed by atoms with van der Waals surface area (Å²) in [7, 11) is 1.44. The van der Waals surface area contributed by atoms with Gasteiger partial charge in [-0.1, -0.05) is 12.1 Å². The first-order chi connectivity index (χ1) is 11.8. The predicted molar refractivity (Wildman–Crippen MR) is 96.3 cm³/mol. The number of carbonyl (C=O) groups excluding carboxylic acids is 2. The molecule has 1 aliphatic rings. The summed E-state index contributed by atoms with van der Waals surface area (Å²) >= 11 is 0. The molecule has 0 saturated heterocycles. The molecule has 2 N–H and O–H groups in total. The number of benzene rings is 1. The highest BCUT2D eigenvalue weighted by molar-refractivity contribution is 5.84. The number of ether oxygens (including phenoxy) is 2. The lowest BCUT2D eigenvalue weighted by Crippen LogP contribution is -2.27. The van der Waals surface area contributed by atoms with E-state index in [1.165, 1.54) is 7.11 Å². The lowest BCUT2D eigenvalue weighted by Gasteiger charge is -2.19. The van der Waals surface area contributed by atoms with Gasteiger partial charge < -0.3 is 14.8 Å². The fourth-order valence-corrected chi connectivity index (χ4v) is 2.94. The molecule has 1 fully saturated rings. The quantitative estimate of drug-likeness (QED) is 0.797. The molecule has 0 aliphatic heterocycles. The lowest BCUT2D eigenvalue weighted by molar-refractivity contribution is -0.145. The first-order valence-electron chi connectivity index (χ1n) is 8.67. The third-order valence-corrected chi connectivity index (χ3v) is 4.16. The number of rotatable bonds is 5. The summed E-state index contributed by atoms with van der Waals surface area (Å²) in [5.41, 5.74) is 1.30. The normalized spacial score (nSPS) is 20.2. The zero-order valence-corrected chi connectivity index (χ0v) is 15.4. The van der Waals surface area contributed by atoms with Crippen LogP contribution in [-0.2, 0) is 20.8 Å². The van der Waals surface area contributed by atoms with E-state index < -0.39 is 11.7 Å². The molecule has 0 radical (unpaired) electrons. The van der Waals surface area contributed by atoms with Crippen LogP contribution in [0.5, 0.6) is 0 Å². The van der Waals surface area contributed by atoms with Crippen LogP contribution < -0.4 is 10.6 Å². The Kier molecular flexibility index (Phi) is 6.42. The third-order valence-electron chi connectivity index (χ3n) is 4.16. The number of carbonyl (C=O) groups is 2. The smallest absolute Gasteiger partial charge is 0.412 e. The number of hydrogen-bond acceptors (Lipinski definition) is 5. The van der Waals surface area contributed by atoms with Gasteiger partial charge in [-0.25, -0.2) is 4.79 Å². The van der Waals surface area contributed by atoms with Gasteiger partial charge in [-0.15, -0.1) is 0 Å². The molecule has 0 heterocycles. The van der Waals surface area contributed by atoms with Crippen molar-refractivity contribution in [2.24, 2.45) is 5.92 Å². The summed E-state index contributed by atoms with van der Waals surface area (Å²) < 4.78 is 10.0. The average molecular weight is 348 g/mol. The van der Waals surface area contributed by atoms with Gasteiger partial charge in [-0.3, -0.25) is 10.1 Å². The standard InChI is InChI=1S/C19H28N2O4/c1-19(2,3)25-18(23)21-15-8-5-13(6-9-15)12-20-16-10-7-14(11-16)17(22)24-4/h5-6,8-9,14,16,20H,7,10-12H2,1-4H3,(H,21,23). The van der Waals surface area contributed by atoms with Gasteiger partial charge >= 0.3 is 12.1 Å². The van der Waals surface area contributed by atoms with E-state index in [0.29, 0.717) is 11.7 Å². The van der Waals surface area contributed by atoms with Gasteiger partial charge in [0.15, 0.2) is 0 Å². The minimum absolute atomic E-state index is 0.0166. The highest BCUT2D eigenvalue weighted by atomic mass is 16.6. The molecule has 1 aromatic rings. The zero-order valence-electron chi connectivity index (χ0n) is 15.4. The van der Waals surface area contributed by atoms with Gasteiger partial charge in [0.2, 0.25) is 0 Å². The van der Waals surface area contributed by atoms with Gasteiger partial charge in [0, 0.05) is 18.3 Å². The molecular formula is C19H28N2O4. The molecule has 2 unspecified atom stereocenters. The van der Waals surface area contributed by atoms with Crippen molar-refractivity contribution in [3.63, 3.8) is 0 Å². The topological polar surface area (TPSA) is 76.7 Å². The summed E-state index contributed by atoms with van der Waals surface area (Å²) in [6, 6.07) is 7.97. The molecule has 1 saturated carbocycles. The second-order valence-corrected chi connectivity index (χ2v) is 7.43. The van der Waals surface area contributed by atoms with E-state index in [9.17, 15) is 9.59 Å². The molecule has 0 aromatic heterocycles. The van der Waals surface area contributed by atoms with Gasteiger partial charge in [0.05, 0.1) is 13.0 Å². The molecule has 6 heteroatoms. The molecule has 2 rings (SSSR count). The van der Waals surface area contributed by atoms with Crippen LogP contribution in [0.2, 0.25) is 0 Å². The average Bonchev–Trinajstić information content (AvgIpc) is 3.00. The van der Waals surface area contributed by atoms with E-state index >= 15 is 0 Å². The first-order valence-corrected chi connectivity index (χ1v) is 8.67. The molecule has 138 valence electrons. The molecule has 6 nitrogen and oxygen atoms in total. The van der Waals surface area contributed by atoms with Crippen LogP contribution >= 0.6 is 0 Å². The van der Waals surface area contributed by atoms with Crippen molar-refractivity contribution in [2.75, 3.05) is 12.4 Å². The highest BCUT2D eigenvalue weighted by Gasteiger charge is 2.30. The zero-order chi connectivity index (χ0) is 18.4. The molecule has 25 heavy (non-hydrogen) atoms.